The van der Waals surface area contributed by atoms with Gasteiger partial charge in [-0.1, -0.05) is 27.2 Å². The van der Waals surface area contributed by atoms with Crippen molar-refractivity contribution in [3.63, 3.8) is 0 Å². The van der Waals surface area contributed by atoms with Gasteiger partial charge in [-0.05, 0) is 25.3 Å². The van der Waals surface area contributed by atoms with Crippen molar-refractivity contribution < 1.29 is 4.74 Å². The fourth-order valence-corrected chi connectivity index (χ4v) is 2.32. The Bertz CT molecular complexity index is 179. The van der Waals surface area contributed by atoms with E-state index in [1.54, 1.807) is 0 Å². The van der Waals surface area contributed by atoms with Crippen LogP contribution in [0.1, 0.15) is 40.0 Å². The van der Waals surface area contributed by atoms with Crippen LogP contribution in [0, 0.1) is 5.92 Å². The average molecular weight is 242 g/mol. The van der Waals surface area contributed by atoms with E-state index < -0.39 is 0 Å². The standard InChI is InChI=1S/C14H30N2O/c1-4-7-15-14(13(3)5-2)12-16-8-6-10-17-11-9-16/h13-15H,4-12H2,1-3H3. The zero-order valence-corrected chi connectivity index (χ0v) is 11.9. The molecule has 0 aliphatic carbocycles. The summed E-state index contributed by atoms with van der Waals surface area (Å²) in [6.45, 7) is 13.3. The first-order chi connectivity index (χ1) is 8.27. The Morgan fingerprint density at radius 3 is 2.76 bits per heavy atom. The van der Waals surface area contributed by atoms with Crippen molar-refractivity contribution in [2.75, 3.05) is 39.4 Å². The normalized spacial score (nSPS) is 22.1. The van der Waals surface area contributed by atoms with Crippen LogP contribution in [0.2, 0.25) is 0 Å². The second-order valence-electron chi connectivity index (χ2n) is 5.21. The van der Waals surface area contributed by atoms with Gasteiger partial charge in [-0.25, -0.2) is 0 Å². The van der Waals surface area contributed by atoms with Crippen LogP contribution in [0.4, 0.5) is 0 Å². The van der Waals surface area contributed by atoms with Gasteiger partial charge in [-0.2, -0.15) is 0 Å². The van der Waals surface area contributed by atoms with Gasteiger partial charge in [0.15, 0.2) is 0 Å². The summed E-state index contributed by atoms with van der Waals surface area (Å²) in [5, 5.41) is 3.71. The fourth-order valence-electron chi connectivity index (χ4n) is 2.32. The molecule has 0 bridgehead atoms. The summed E-state index contributed by atoms with van der Waals surface area (Å²) in [6.07, 6.45) is 3.66. The number of hydrogen-bond donors (Lipinski definition) is 1. The van der Waals surface area contributed by atoms with Crippen molar-refractivity contribution >= 4 is 0 Å². The summed E-state index contributed by atoms with van der Waals surface area (Å²) in [6, 6.07) is 0.637. The topological polar surface area (TPSA) is 24.5 Å². The Balaban J connectivity index is 2.39. The van der Waals surface area contributed by atoms with E-state index in [1.165, 1.54) is 32.4 Å². The molecule has 0 aromatic heterocycles. The molecule has 3 nitrogen and oxygen atoms in total. The van der Waals surface area contributed by atoms with Gasteiger partial charge in [0.05, 0.1) is 6.61 Å². The number of rotatable bonds is 7. The van der Waals surface area contributed by atoms with Gasteiger partial charge in [0.25, 0.3) is 0 Å². The molecule has 1 aliphatic heterocycles. The molecule has 1 saturated heterocycles. The van der Waals surface area contributed by atoms with Crippen molar-refractivity contribution in [1.82, 2.24) is 10.2 Å². The quantitative estimate of drug-likeness (QED) is 0.740. The van der Waals surface area contributed by atoms with Crippen LogP contribution in [-0.4, -0.2) is 50.3 Å². The molecule has 1 heterocycles. The highest BCUT2D eigenvalue weighted by atomic mass is 16.5. The molecule has 3 heteroatoms. The van der Waals surface area contributed by atoms with Crippen LogP contribution < -0.4 is 5.32 Å². The van der Waals surface area contributed by atoms with Gasteiger partial charge in [0.2, 0.25) is 0 Å². The van der Waals surface area contributed by atoms with Crippen LogP contribution in [0.25, 0.3) is 0 Å². The lowest BCUT2D eigenvalue weighted by molar-refractivity contribution is 0.137. The first-order valence-corrected chi connectivity index (χ1v) is 7.31. The fraction of sp³-hybridized carbons (Fsp3) is 1.00. The molecule has 102 valence electrons. The SMILES string of the molecule is CCCNC(CN1CCCOCC1)C(C)CC. The smallest absolute Gasteiger partial charge is 0.0593 e. The highest BCUT2D eigenvalue weighted by Gasteiger charge is 2.19. The van der Waals surface area contributed by atoms with Gasteiger partial charge < -0.3 is 10.1 Å². The summed E-state index contributed by atoms with van der Waals surface area (Å²) in [5.41, 5.74) is 0. The molecular weight excluding hydrogens is 212 g/mol. The monoisotopic (exact) mass is 242 g/mol. The zero-order chi connectivity index (χ0) is 12.5. The molecule has 1 aliphatic rings. The Kier molecular flexibility index (Phi) is 7.82. The lowest BCUT2D eigenvalue weighted by Crippen LogP contribution is -2.45. The van der Waals surface area contributed by atoms with Gasteiger partial charge in [-0.15, -0.1) is 0 Å². The third-order valence-electron chi connectivity index (χ3n) is 3.76. The molecule has 0 aromatic rings. The summed E-state index contributed by atoms with van der Waals surface area (Å²) >= 11 is 0. The molecule has 0 saturated carbocycles. The Morgan fingerprint density at radius 2 is 2.06 bits per heavy atom. The van der Waals surface area contributed by atoms with Gasteiger partial charge >= 0.3 is 0 Å². The maximum atomic E-state index is 5.51. The third kappa shape index (κ3) is 5.84. The molecule has 0 spiro atoms. The molecule has 17 heavy (non-hydrogen) atoms. The first kappa shape index (κ1) is 14.9. The Labute approximate surface area is 107 Å². The minimum absolute atomic E-state index is 0.637. The summed E-state index contributed by atoms with van der Waals surface area (Å²) < 4.78 is 5.51. The van der Waals surface area contributed by atoms with E-state index >= 15 is 0 Å². The number of ether oxygens (including phenoxy) is 1. The number of nitrogens with one attached hydrogen (secondary N) is 1. The molecule has 0 radical (unpaired) electrons. The molecule has 0 amide bonds. The third-order valence-corrected chi connectivity index (χ3v) is 3.76. The predicted molar refractivity (Wildman–Crippen MR) is 73.4 cm³/mol. The molecule has 1 N–H and O–H groups in total. The second kappa shape index (κ2) is 8.90. The highest BCUT2D eigenvalue weighted by molar-refractivity contribution is 4.77. The minimum Gasteiger partial charge on any atom is -0.380 e. The van der Waals surface area contributed by atoms with Crippen LogP contribution in [0.3, 0.4) is 0 Å². The maximum Gasteiger partial charge on any atom is 0.0593 e. The van der Waals surface area contributed by atoms with E-state index in [1.807, 2.05) is 0 Å². The van der Waals surface area contributed by atoms with Crippen LogP contribution in [-0.2, 0) is 4.74 Å². The van der Waals surface area contributed by atoms with E-state index in [0.29, 0.717) is 6.04 Å². The Morgan fingerprint density at radius 1 is 1.24 bits per heavy atom. The van der Waals surface area contributed by atoms with Gasteiger partial charge in [0.1, 0.15) is 0 Å². The number of nitrogens with zero attached hydrogens (tertiary/aromatic N) is 1. The second-order valence-corrected chi connectivity index (χ2v) is 5.21. The predicted octanol–water partition coefficient (Wildman–Crippen LogP) is 2.12. The molecule has 2 unspecified atom stereocenters. The molecular formula is C14H30N2O. The summed E-state index contributed by atoms with van der Waals surface area (Å²) in [5.74, 6) is 0.755. The van der Waals surface area contributed by atoms with Gasteiger partial charge in [-0.3, -0.25) is 4.90 Å². The van der Waals surface area contributed by atoms with Crippen LogP contribution in [0.15, 0.2) is 0 Å². The molecule has 1 rings (SSSR count). The van der Waals surface area contributed by atoms with Crippen molar-refractivity contribution in [3.8, 4) is 0 Å². The average Bonchev–Trinajstić information content (AvgIpc) is 2.62. The minimum atomic E-state index is 0.637. The van der Waals surface area contributed by atoms with E-state index in [-0.39, 0.29) is 0 Å². The van der Waals surface area contributed by atoms with Crippen LogP contribution in [0.5, 0.6) is 0 Å². The highest BCUT2D eigenvalue weighted by Crippen LogP contribution is 2.11. The van der Waals surface area contributed by atoms with Gasteiger partial charge in [0, 0.05) is 32.3 Å². The van der Waals surface area contributed by atoms with Crippen molar-refractivity contribution in [2.45, 2.75) is 46.1 Å². The number of hydrogen-bond acceptors (Lipinski definition) is 3. The lowest BCUT2D eigenvalue weighted by Gasteiger charge is -2.30. The summed E-state index contributed by atoms with van der Waals surface area (Å²) in [4.78, 5) is 2.56. The van der Waals surface area contributed by atoms with Crippen molar-refractivity contribution in [2.24, 2.45) is 5.92 Å². The maximum absolute atomic E-state index is 5.51. The van der Waals surface area contributed by atoms with E-state index in [9.17, 15) is 0 Å². The van der Waals surface area contributed by atoms with Crippen molar-refractivity contribution in [3.05, 3.63) is 0 Å². The summed E-state index contributed by atoms with van der Waals surface area (Å²) in [7, 11) is 0. The Hall–Kier alpha value is -0.120. The largest absolute Gasteiger partial charge is 0.380 e. The van der Waals surface area contributed by atoms with Crippen LogP contribution >= 0.6 is 0 Å². The molecule has 1 fully saturated rings. The first-order valence-electron chi connectivity index (χ1n) is 7.31. The molecule has 0 aromatic carbocycles. The lowest BCUT2D eigenvalue weighted by atomic mass is 9.98. The zero-order valence-electron chi connectivity index (χ0n) is 11.9. The van der Waals surface area contributed by atoms with E-state index in [4.69, 9.17) is 4.74 Å². The van der Waals surface area contributed by atoms with E-state index in [2.05, 4.69) is 31.0 Å². The van der Waals surface area contributed by atoms with Crippen molar-refractivity contribution in [1.29, 1.82) is 0 Å². The molecule has 2 atom stereocenters. The van der Waals surface area contributed by atoms with E-state index in [0.717, 1.165) is 32.2 Å².